The Balaban J connectivity index is 1.41. The SMILES string of the molecule is Cc1nc(CN2CC[C@]3(CN(C(=O)Cc4ccc(F)cn4)C[C@H]3c3cn(C(C)C)cn3)C2=O)cs1. The highest BCUT2D eigenvalue weighted by atomic mass is 32.1. The second-order valence-electron chi connectivity index (χ2n) is 9.80. The Morgan fingerprint density at radius 3 is 2.77 bits per heavy atom. The van der Waals surface area contributed by atoms with Gasteiger partial charge in [-0.05, 0) is 39.3 Å². The number of halogens is 1. The maximum absolute atomic E-state index is 13.9. The lowest BCUT2D eigenvalue weighted by atomic mass is 9.75. The average molecular weight is 497 g/mol. The number of amides is 2. The van der Waals surface area contributed by atoms with Crippen LogP contribution in [0.25, 0.3) is 0 Å². The molecule has 2 saturated heterocycles. The molecule has 5 heterocycles. The van der Waals surface area contributed by atoms with Gasteiger partial charge < -0.3 is 14.4 Å². The van der Waals surface area contributed by atoms with Crippen LogP contribution in [-0.2, 0) is 22.6 Å². The molecular weight excluding hydrogens is 467 g/mol. The Morgan fingerprint density at radius 1 is 1.29 bits per heavy atom. The van der Waals surface area contributed by atoms with Crippen molar-refractivity contribution >= 4 is 23.2 Å². The van der Waals surface area contributed by atoms with E-state index in [1.54, 1.807) is 22.6 Å². The van der Waals surface area contributed by atoms with E-state index in [1.165, 1.54) is 12.1 Å². The van der Waals surface area contributed by atoms with E-state index in [2.05, 4.69) is 28.8 Å². The van der Waals surface area contributed by atoms with Crippen LogP contribution < -0.4 is 0 Å². The summed E-state index contributed by atoms with van der Waals surface area (Å²) in [5.41, 5.74) is 1.53. The third-order valence-corrected chi connectivity index (χ3v) is 7.97. The number of carbonyl (C=O) groups excluding carboxylic acids is 2. The number of pyridine rings is 1. The van der Waals surface area contributed by atoms with Crippen LogP contribution in [0.1, 0.15) is 54.3 Å². The average Bonchev–Trinajstić information content (AvgIpc) is 3.60. The number of carbonyl (C=O) groups is 2. The molecule has 2 aliphatic rings. The first kappa shape index (κ1) is 23.6. The summed E-state index contributed by atoms with van der Waals surface area (Å²) in [4.78, 5) is 44.0. The van der Waals surface area contributed by atoms with Gasteiger partial charge in [0.05, 0.1) is 47.3 Å². The quantitative estimate of drug-likeness (QED) is 0.523. The molecule has 0 unspecified atom stereocenters. The predicted octanol–water partition coefficient (Wildman–Crippen LogP) is 3.35. The third-order valence-electron chi connectivity index (χ3n) is 7.15. The number of imidazole rings is 1. The second kappa shape index (κ2) is 9.14. The van der Waals surface area contributed by atoms with Crippen LogP contribution in [0.2, 0.25) is 0 Å². The standard InChI is InChI=1S/C25H29FN6O2S/c1-16(2)32-12-22(28-15-32)21-11-31(23(33)8-19-5-4-18(26)9-27-19)14-25(21)6-7-30(24(25)34)10-20-13-35-17(3)29-20/h4-5,9,12-13,15-16,21H,6-8,10-11,14H2,1-3H3/t21-,25+/m0/s1. The highest BCUT2D eigenvalue weighted by Crippen LogP contribution is 2.50. The summed E-state index contributed by atoms with van der Waals surface area (Å²) in [5.74, 6) is -0.686. The van der Waals surface area contributed by atoms with Gasteiger partial charge in [-0.1, -0.05) is 0 Å². The largest absolute Gasteiger partial charge is 0.341 e. The molecule has 35 heavy (non-hydrogen) atoms. The van der Waals surface area contributed by atoms with Crippen LogP contribution in [0.5, 0.6) is 0 Å². The van der Waals surface area contributed by atoms with E-state index < -0.39 is 11.2 Å². The summed E-state index contributed by atoms with van der Waals surface area (Å²) < 4.78 is 15.3. The summed E-state index contributed by atoms with van der Waals surface area (Å²) in [6.45, 7) is 7.99. The van der Waals surface area contributed by atoms with Gasteiger partial charge in [0.2, 0.25) is 11.8 Å². The van der Waals surface area contributed by atoms with Crippen molar-refractivity contribution < 1.29 is 14.0 Å². The minimum atomic E-state index is -0.715. The van der Waals surface area contributed by atoms with E-state index in [9.17, 15) is 14.0 Å². The summed E-state index contributed by atoms with van der Waals surface area (Å²) in [6.07, 6.45) is 5.66. The van der Waals surface area contributed by atoms with Crippen LogP contribution in [0.3, 0.4) is 0 Å². The van der Waals surface area contributed by atoms with Crippen LogP contribution in [0.15, 0.2) is 36.2 Å². The minimum absolute atomic E-state index is 0.0578. The van der Waals surface area contributed by atoms with Crippen molar-refractivity contribution in [2.45, 2.75) is 52.1 Å². The van der Waals surface area contributed by atoms with E-state index in [0.29, 0.717) is 38.3 Å². The number of aryl methyl sites for hydroxylation is 1. The molecular formula is C25H29FN6O2S. The maximum atomic E-state index is 13.9. The number of aromatic nitrogens is 4. The van der Waals surface area contributed by atoms with Crippen LogP contribution in [0.4, 0.5) is 4.39 Å². The molecule has 2 fully saturated rings. The number of nitrogens with zero attached hydrogens (tertiary/aromatic N) is 6. The zero-order chi connectivity index (χ0) is 24.7. The van der Waals surface area contributed by atoms with Crippen molar-refractivity contribution in [2.75, 3.05) is 19.6 Å². The lowest BCUT2D eigenvalue weighted by Crippen LogP contribution is -2.40. The molecule has 3 aromatic rings. The molecule has 2 atom stereocenters. The number of hydrogen-bond acceptors (Lipinski definition) is 6. The smallest absolute Gasteiger partial charge is 0.231 e. The molecule has 5 rings (SSSR count). The fourth-order valence-corrected chi connectivity index (χ4v) is 5.83. The van der Waals surface area contributed by atoms with Gasteiger partial charge in [-0.2, -0.15) is 0 Å². The summed E-state index contributed by atoms with van der Waals surface area (Å²) in [5, 5.41) is 2.97. The van der Waals surface area contributed by atoms with E-state index >= 15 is 0 Å². The molecule has 2 aliphatic heterocycles. The molecule has 0 radical (unpaired) electrons. The van der Waals surface area contributed by atoms with Gasteiger partial charge in [0.15, 0.2) is 0 Å². The lowest BCUT2D eigenvalue weighted by molar-refractivity contribution is -0.137. The van der Waals surface area contributed by atoms with Gasteiger partial charge in [-0.3, -0.25) is 14.6 Å². The van der Waals surface area contributed by atoms with Crippen molar-refractivity contribution in [2.24, 2.45) is 5.41 Å². The lowest BCUT2D eigenvalue weighted by Gasteiger charge is -2.27. The highest BCUT2D eigenvalue weighted by molar-refractivity contribution is 7.09. The van der Waals surface area contributed by atoms with Crippen molar-refractivity contribution in [3.63, 3.8) is 0 Å². The maximum Gasteiger partial charge on any atom is 0.231 e. The van der Waals surface area contributed by atoms with E-state index in [-0.39, 0.29) is 30.2 Å². The topological polar surface area (TPSA) is 84.2 Å². The molecule has 1 spiro atoms. The highest BCUT2D eigenvalue weighted by Gasteiger charge is 2.58. The molecule has 8 nitrogen and oxygen atoms in total. The van der Waals surface area contributed by atoms with Gasteiger partial charge >= 0.3 is 0 Å². The summed E-state index contributed by atoms with van der Waals surface area (Å²) in [6, 6.07) is 3.08. The Labute approximate surface area is 207 Å². The molecule has 0 aliphatic carbocycles. The fourth-order valence-electron chi connectivity index (χ4n) is 5.22. The number of likely N-dealkylation sites (tertiary alicyclic amines) is 2. The zero-order valence-corrected chi connectivity index (χ0v) is 21.0. The number of rotatable bonds is 6. The first-order valence-corrected chi connectivity index (χ1v) is 12.7. The van der Waals surface area contributed by atoms with Crippen LogP contribution in [-0.4, -0.2) is 60.8 Å². The van der Waals surface area contributed by atoms with Gasteiger partial charge in [0, 0.05) is 48.9 Å². The molecule has 3 aromatic heterocycles. The van der Waals surface area contributed by atoms with Crippen molar-refractivity contribution in [1.29, 1.82) is 0 Å². The second-order valence-corrected chi connectivity index (χ2v) is 10.9. The van der Waals surface area contributed by atoms with Gasteiger partial charge in [-0.25, -0.2) is 14.4 Å². The summed E-state index contributed by atoms with van der Waals surface area (Å²) >= 11 is 1.58. The van der Waals surface area contributed by atoms with E-state index in [0.717, 1.165) is 22.6 Å². The third kappa shape index (κ3) is 4.47. The molecule has 0 bridgehead atoms. The van der Waals surface area contributed by atoms with Gasteiger partial charge in [0.25, 0.3) is 0 Å². The number of thiazole rings is 1. The summed E-state index contributed by atoms with van der Waals surface area (Å²) in [7, 11) is 0. The zero-order valence-electron chi connectivity index (χ0n) is 20.1. The molecule has 2 amide bonds. The Bertz CT molecular complexity index is 1240. The first-order valence-electron chi connectivity index (χ1n) is 11.9. The molecule has 0 aromatic carbocycles. The fraction of sp³-hybridized carbons (Fsp3) is 0.480. The number of hydrogen-bond donors (Lipinski definition) is 0. The Morgan fingerprint density at radius 2 is 2.11 bits per heavy atom. The first-order chi connectivity index (χ1) is 16.7. The Kier molecular flexibility index (Phi) is 6.16. The van der Waals surface area contributed by atoms with Crippen LogP contribution in [0, 0.1) is 18.2 Å². The van der Waals surface area contributed by atoms with Gasteiger partial charge in [-0.15, -0.1) is 11.3 Å². The van der Waals surface area contributed by atoms with Crippen molar-refractivity contribution in [3.8, 4) is 0 Å². The van der Waals surface area contributed by atoms with E-state index in [1.807, 2.05) is 28.0 Å². The Hall–Kier alpha value is -3.14. The normalized spacial score (nSPS) is 22.2. The molecule has 0 saturated carbocycles. The van der Waals surface area contributed by atoms with Crippen molar-refractivity contribution in [3.05, 3.63) is 64.1 Å². The predicted molar refractivity (Wildman–Crippen MR) is 129 cm³/mol. The molecule has 10 heteroatoms. The minimum Gasteiger partial charge on any atom is -0.341 e. The molecule has 0 N–H and O–H groups in total. The molecule has 184 valence electrons. The van der Waals surface area contributed by atoms with Crippen LogP contribution >= 0.6 is 11.3 Å². The van der Waals surface area contributed by atoms with E-state index in [4.69, 9.17) is 0 Å². The van der Waals surface area contributed by atoms with Crippen molar-refractivity contribution in [1.82, 2.24) is 29.3 Å². The van der Waals surface area contributed by atoms with Gasteiger partial charge in [0.1, 0.15) is 5.82 Å². The monoisotopic (exact) mass is 496 g/mol.